The zero-order valence-electron chi connectivity index (χ0n) is 16.8. The molecule has 2 amide bonds. The van der Waals surface area contributed by atoms with Crippen molar-refractivity contribution in [2.75, 3.05) is 40.4 Å². The molecule has 0 heterocycles. The van der Waals surface area contributed by atoms with Gasteiger partial charge in [-0.2, -0.15) is 0 Å². The van der Waals surface area contributed by atoms with Gasteiger partial charge in [0.25, 0.3) is 0 Å². The highest BCUT2D eigenvalue weighted by atomic mass is 16.5. The van der Waals surface area contributed by atoms with Gasteiger partial charge < -0.3 is 34.3 Å². The molecule has 0 fully saturated rings. The second-order valence-corrected chi connectivity index (χ2v) is 5.60. The highest BCUT2D eigenvalue weighted by Gasteiger charge is 2.16. The second kappa shape index (κ2) is 10.1. The average molecular weight is 390 g/mol. The fourth-order valence-electron chi connectivity index (χ4n) is 2.68. The molecule has 0 aromatic heterocycles. The summed E-state index contributed by atoms with van der Waals surface area (Å²) in [5.74, 6) is 2.69. The number of carbonyl (C=O) groups excluding carboxylic acids is 1. The van der Waals surface area contributed by atoms with Crippen LogP contribution in [0, 0.1) is 0 Å². The monoisotopic (exact) mass is 390 g/mol. The molecule has 8 nitrogen and oxygen atoms in total. The standard InChI is InChI=1S/C20H26N2O6/c1-6-28-17-11-14(8-10-15(17)24-2)22-20(23)21-12-13-7-9-16(25-3)19(27-5)18(13)26-4/h7-11H,6,12H2,1-5H3,(H2,21,22,23). The van der Waals surface area contributed by atoms with Crippen LogP contribution in [0.4, 0.5) is 10.5 Å². The van der Waals surface area contributed by atoms with Crippen LogP contribution in [0.3, 0.4) is 0 Å². The molecule has 8 heteroatoms. The number of benzene rings is 2. The van der Waals surface area contributed by atoms with E-state index in [1.807, 2.05) is 6.92 Å². The molecule has 0 saturated heterocycles. The van der Waals surface area contributed by atoms with Gasteiger partial charge in [-0.15, -0.1) is 0 Å². The summed E-state index contributed by atoms with van der Waals surface area (Å²) in [6.45, 7) is 2.61. The normalized spacial score (nSPS) is 10.0. The third-order valence-electron chi connectivity index (χ3n) is 3.95. The highest BCUT2D eigenvalue weighted by Crippen LogP contribution is 2.39. The molecular weight excluding hydrogens is 364 g/mol. The van der Waals surface area contributed by atoms with E-state index in [4.69, 9.17) is 23.7 Å². The largest absolute Gasteiger partial charge is 0.493 e. The van der Waals surface area contributed by atoms with Crippen LogP contribution in [0.25, 0.3) is 0 Å². The van der Waals surface area contributed by atoms with Crippen LogP contribution >= 0.6 is 0 Å². The molecule has 0 spiro atoms. The summed E-state index contributed by atoms with van der Waals surface area (Å²) in [7, 11) is 6.18. The Morgan fingerprint density at radius 3 is 2.14 bits per heavy atom. The molecular formula is C20H26N2O6. The molecule has 0 radical (unpaired) electrons. The van der Waals surface area contributed by atoms with E-state index in [0.717, 1.165) is 5.56 Å². The Labute approximate surface area is 164 Å². The fraction of sp³-hybridized carbons (Fsp3) is 0.350. The third kappa shape index (κ3) is 4.91. The molecule has 0 bridgehead atoms. The van der Waals surface area contributed by atoms with Gasteiger partial charge in [0.15, 0.2) is 23.0 Å². The van der Waals surface area contributed by atoms with Crippen LogP contribution in [0.2, 0.25) is 0 Å². The maximum Gasteiger partial charge on any atom is 0.319 e. The predicted octanol–water partition coefficient (Wildman–Crippen LogP) is 3.44. The van der Waals surface area contributed by atoms with Crippen molar-refractivity contribution in [2.45, 2.75) is 13.5 Å². The number of rotatable bonds is 9. The summed E-state index contributed by atoms with van der Waals surface area (Å²) >= 11 is 0. The molecule has 2 aromatic carbocycles. The zero-order valence-corrected chi connectivity index (χ0v) is 16.8. The molecule has 0 aliphatic heterocycles. The van der Waals surface area contributed by atoms with Crippen molar-refractivity contribution in [3.8, 4) is 28.7 Å². The van der Waals surface area contributed by atoms with Crippen molar-refractivity contribution in [1.82, 2.24) is 5.32 Å². The van der Waals surface area contributed by atoms with Crippen molar-refractivity contribution in [3.63, 3.8) is 0 Å². The maximum atomic E-state index is 12.3. The molecule has 0 aliphatic carbocycles. The molecule has 28 heavy (non-hydrogen) atoms. The van der Waals surface area contributed by atoms with E-state index in [9.17, 15) is 4.79 Å². The Balaban J connectivity index is 2.08. The summed E-state index contributed by atoms with van der Waals surface area (Å²) in [5, 5.41) is 5.56. The number of amides is 2. The zero-order chi connectivity index (χ0) is 20.5. The van der Waals surface area contributed by atoms with Crippen LogP contribution in [0.5, 0.6) is 28.7 Å². The number of hydrogen-bond donors (Lipinski definition) is 2. The van der Waals surface area contributed by atoms with Gasteiger partial charge in [0.1, 0.15) is 0 Å². The number of hydrogen-bond acceptors (Lipinski definition) is 6. The van der Waals surface area contributed by atoms with E-state index in [1.165, 1.54) is 14.2 Å². The quantitative estimate of drug-likeness (QED) is 0.682. The second-order valence-electron chi connectivity index (χ2n) is 5.60. The summed E-state index contributed by atoms with van der Waals surface area (Å²) < 4.78 is 26.8. The van der Waals surface area contributed by atoms with Gasteiger partial charge in [-0.1, -0.05) is 0 Å². The number of ether oxygens (including phenoxy) is 5. The van der Waals surface area contributed by atoms with Crippen molar-refractivity contribution >= 4 is 11.7 Å². The maximum absolute atomic E-state index is 12.3. The minimum Gasteiger partial charge on any atom is -0.493 e. The number of nitrogens with one attached hydrogen (secondary N) is 2. The highest BCUT2D eigenvalue weighted by molar-refractivity contribution is 5.89. The molecule has 0 unspecified atom stereocenters. The van der Waals surface area contributed by atoms with Crippen molar-refractivity contribution in [1.29, 1.82) is 0 Å². The first-order chi connectivity index (χ1) is 13.6. The summed E-state index contributed by atoms with van der Waals surface area (Å²) in [4.78, 5) is 12.3. The van der Waals surface area contributed by atoms with Crippen molar-refractivity contribution < 1.29 is 28.5 Å². The Bertz CT molecular complexity index is 810. The van der Waals surface area contributed by atoms with Gasteiger partial charge in [-0.05, 0) is 31.2 Å². The smallest absolute Gasteiger partial charge is 0.319 e. The van der Waals surface area contributed by atoms with Crippen LogP contribution in [-0.2, 0) is 6.54 Å². The van der Waals surface area contributed by atoms with Crippen molar-refractivity contribution in [2.24, 2.45) is 0 Å². The molecule has 2 aromatic rings. The first-order valence-corrected chi connectivity index (χ1v) is 8.71. The summed E-state index contributed by atoms with van der Waals surface area (Å²) in [6, 6.07) is 8.37. The average Bonchev–Trinajstić information content (AvgIpc) is 2.71. The van der Waals surface area contributed by atoms with E-state index >= 15 is 0 Å². The van der Waals surface area contributed by atoms with Crippen LogP contribution in [-0.4, -0.2) is 41.1 Å². The van der Waals surface area contributed by atoms with E-state index in [0.29, 0.717) is 41.0 Å². The predicted molar refractivity (Wildman–Crippen MR) is 106 cm³/mol. The lowest BCUT2D eigenvalue weighted by atomic mass is 10.1. The van der Waals surface area contributed by atoms with Gasteiger partial charge in [-0.3, -0.25) is 0 Å². The first kappa shape index (κ1) is 21.0. The van der Waals surface area contributed by atoms with Gasteiger partial charge in [0, 0.05) is 23.9 Å². The molecule has 2 rings (SSSR count). The molecule has 0 aliphatic rings. The van der Waals surface area contributed by atoms with E-state index < -0.39 is 0 Å². The van der Waals surface area contributed by atoms with Crippen LogP contribution < -0.4 is 34.3 Å². The lowest BCUT2D eigenvalue weighted by molar-refractivity contribution is 0.251. The van der Waals surface area contributed by atoms with E-state index in [-0.39, 0.29) is 12.6 Å². The minimum absolute atomic E-state index is 0.240. The molecule has 2 N–H and O–H groups in total. The van der Waals surface area contributed by atoms with Gasteiger partial charge in [0.2, 0.25) is 5.75 Å². The van der Waals surface area contributed by atoms with E-state index in [1.54, 1.807) is 44.6 Å². The number of anilines is 1. The number of methoxy groups -OCH3 is 4. The van der Waals surface area contributed by atoms with Gasteiger partial charge in [0.05, 0.1) is 35.0 Å². The van der Waals surface area contributed by atoms with Crippen molar-refractivity contribution in [3.05, 3.63) is 35.9 Å². The lowest BCUT2D eigenvalue weighted by Crippen LogP contribution is -2.28. The Kier molecular flexibility index (Phi) is 7.62. The summed E-state index contributed by atoms with van der Waals surface area (Å²) in [6.07, 6.45) is 0. The molecule has 0 saturated carbocycles. The van der Waals surface area contributed by atoms with Crippen LogP contribution in [0.1, 0.15) is 12.5 Å². The van der Waals surface area contributed by atoms with E-state index in [2.05, 4.69) is 10.6 Å². The molecule has 152 valence electrons. The SMILES string of the molecule is CCOc1cc(NC(=O)NCc2ccc(OC)c(OC)c2OC)ccc1OC. The lowest BCUT2D eigenvalue weighted by Gasteiger charge is -2.16. The number of carbonyl (C=O) groups is 1. The first-order valence-electron chi connectivity index (χ1n) is 8.71. The third-order valence-corrected chi connectivity index (χ3v) is 3.95. The van der Waals surface area contributed by atoms with Gasteiger partial charge >= 0.3 is 6.03 Å². The Morgan fingerprint density at radius 2 is 1.54 bits per heavy atom. The summed E-state index contributed by atoms with van der Waals surface area (Å²) in [5.41, 5.74) is 1.33. The topological polar surface area (TPSA) is 87.3 Å². The fourth-order valence-corrected chi connectivity index (χ4v) is 2.68. The Morgan fingerprint density at radius 1 is 0.857 bits per heavy atom. The van der Waals surface area contributed by atoms with Crippen LogP contribution in [0.15, 0.2) is 30.3 Å². The Hall–Kier alpha value is -3.29. The molecule has 0 atom stereocenters. The number of urea groups is 1. The van der Waals surface area contributed by atoms with Gasteiger partial charge in [-0.25, -0.2) is 4.79 Å². The minimum atomic E-state index is -0.371.